The quantitative estimate of drug-likeness (QED) is 0.677. The standard InChI is InChI=1S/C12H24N2/c1-2-3-4-5-8-14-9-6-7-12(14)10-13-11-12/h13H,2-11H2,1H3. The molecule has 14 heavy (non-hydrogen) atoms. The molecular weight excluding hydrogens is 172 g/mol. The number of unbranched alkanes of at least 4 members (excludes halogenated alkanes) is 3. The molecule has 0 unspecified atom stereocenters. The van der Waals surface area contributed by atoms with Gasteiger partial charge in [0.25, 0.3) is 0 Å². The van der Waals surface area contributed by atoms with E-state index in [4.69, 9.17) is 0 Å². The van der Waals surface area contributed by atoms with Crippen molar-refractivity contribution in [3.63, 3.8) is 0 Å². The molecule has 2 heterocycles. The molecule has 0 aliphatic carbocycles. The highest BCUT2D eigenvalue weighted by atomic mass is 15.3. The fourth-order valence-corrected chi connectivity index (χ4v) is 2.89. The molecule has 2 aliphatic heterocycles. The monoisotopic (exact) mass is 196 g/mol. The molecule has 0 radical (unpaired) electrons. The number of likely N-dealkylation sites (tertiary alicyclic amines) is 1. The molecule has 0 aromatic rings. The number of nitrogens with one attached hydrogen (secondary N) is 1. The van der Waals surface area contributed by atoms with Crippen molar-refractivity contribution in [3.05, 3.63) is 0 Å². The van der Waals surface area contributed by atoms with Crippen LogP contribution in [0, 0.1) is 0 Å². The highest BCUT2D eigenvalue weighted by Crippen LogP contribution is 2.32. The second-order valence-corrected chi connectivity index (χ2v) is 4.98. The van der Waals surface area contributed by atoms with Crippen molar-refractivity contribution in [2.75, 3.05) is 26.2 Å². The summed E-state index contributed by atoms with van der Waals surface area (Å²) in [7, 11) is 0. The van der Waals surface area contributed by atoms with Gasteiger partial charge in [-0.25, -0.2) is 0 Å². The molecule has 2 aliphatic rings. The van der Waals surface area contributed by atoms with Crippen LogP contribution in [-0.2, 0) is 0 Å². The van der Waals surface area contributed by atoms with Gasteiger partial charge in [-0.1, -0.05) is 26.2 Å². The molecule has 2 nitrogen and oxygen atoms in total. The summed E-state index contributed by atoms with van der Waals surface area (Å²) in [6.07, 6.45) is 8.47. The van der Waals surface area contributed by atoms with Crippen LogP contribution in [0.4, 0.5) is 0 Å². The van der Waals surface area contributed by atoms with E-state index in [1.165, 1.54) is 64.7 Å². The van der Waals surface area contributed by atoms with E-state index in [0.29, 0.717) is 5.54 Å². The fourth-order valence-electron chi connectivity index (χ4n) is 2.89. The Hall–Kier alpha value is -0.0800. The molecule has 0 aromatic heterocycles. The molecule has 2 saturated heterocycles. The van der Waals surface area contributed by atoms with Crippen LogP contribution >= 0.6 is 0 Å². The Labute approximate surface area is 88.1 Å². The van der Waals surface area contributed by atoms with E-state index >= 15 is 0 Å². The normalized spacial score (nSPS) is 25.5. The zero-order chi connectivity index (χ0) is 9.86. The number of hydrogen-bond donors (Lipinski definition) is 1. The molecule has 82 valence electrons. The van der Waals surface area contributed by atoms with E-state index in [1.54, 1.807) is 0 Å². The first-order valence-electron chi connectivity index (χ1n) is 6.33. The van der Waals surface area contributed by atoms with Gasteiger partial charge in [0.1, 0.15) is 0 Å². The third kappa shape index (κ3) is 1.96. The third-order valence-electron chi connectivity index (χ3n) is 3.93. The van der Waals surface area contributed by atoms with E-state index in [9.17, 15) is 0 Å². The summed E-state index contributed by atoms with van der Waals surface area (Å²) in [6, 6.07) is 0. The summed E-state index contributed by atoms with van der Waals surface area (Å²) >= 11 is 0. The second kappa shape index (κ2) is 4.63. The lowest BCUT2D eigenvalue weighted by molar-refractivity contribution is 0.0776. The second-order valence-electron chi connectivity index (χ2n) is 4.98. The number of hydrogen-bond acceptors (Lipinski definition) is 2. The summed E-state index contributed by atoms with van der Waals surface area (Å²) in [5.74, 6) is 0. The Morgan fingerprint density at radius 2 is 2.07 bits per heavy atom. The van der Waals surface area contributed by atoms with Crippen molar-refractivity contribution in [1.82, 2.24) is 10.2 Å². The van der Waals surface area contributed by atoms with Gasteiger partial charge in [-0.3, -0.25) is 4.90 Å². The van der Waals surface area contributed by atoms with E-state index in [2.05, 4.69) is 17.1 Å². The van der Waals surface area contributed by atoms with E-state index in [1.807, 2.05) is 0 Å². The summed E-state index contributed by atoms with van der Waals surface area (Å²) < 4.78 is 0. The Balaban J connectivity index is 1.69. The summed E-state index contributed by atoms with van der Waals surface area (Å²) in [4.78, 5) is 2.75. The lowest BCUT2D eigenvalue weighted by Crippen LogP contribution is -2.66. The molecule has 2 heteroatoms. The maximum atomic E-state index is 3.43. The van der Waals surface area contributed by atoms with Gasteiger partial charge in [-0.15, -0.1) is 0 Å². The smallest absolute Gasteiger partial charge is 0.0458 e. The number of nitrogens with zero attached hydrogens (tertiary/aromatic N) is 1. The van der Waals surface area contributed by atoms with Gasteiger partial charge in [0.15, 0.2) is 0 Å². The fraction of sp³-hybridized carbons (Fsp3) is 1.00. The summed E-state index contributed by atoms with van der Waals surface area (Å²) in [5, 5.41) is 3.43. The van der Waals surface area contributed by atoms with Crippen LogP contribution in [0.1, 0.15) is 45.4 Å². The Morgan fingerprint density at radius 1 is 1.21 bits per heavy atom. The average Bonchev–Trinajstić information content (AvgIpc) is 2.55. The van der Waals surface area contributed by atoms with Crippen molar-refractivity contribution in [2.45, 2.75) is 51.0 Å². The van der Waals surface area contributed by atoms with Crippen LogP contribution in [0.25, 0.3) is 0 Å². The van der Waals surface area contributed by atoms with Gasteiger partial charge in [-0.2, -0.15) is 0 Å². The van der Waals surface area contributed by atoms with E-state index in [-0.39, 0.29) is 0 Å². The average molecular weight is 196 g/mol. The molecule has 0 aromatic carbocycles. The lowest BCUT2D eigenvalue weighted by Gasteiger charge is -2.46. The third-order valence-corrected chi connectivity index (χ3v) is 3.93. The molecule has 0 saturated carbocycles. The van der Waals surface area contributed by atoms with Gasteiger partial charge in [0, 0.05) is 18.6 Å². The van der Waals surface area contributed by atoms with Crippen molar-refractivity contribution in [2.24, 2.45) is 0 Å². The first-order chi connectivity index (χ1) is 6.87. The highest BCUT2D eigenvalue weighted by molar-refractivity contribution is 5.05. The van der Waals surface area contributed by atoms with Crippen LogP contribution in [0.15, 0.2) is 0 Å². The minimum atomic E-state index is 0.603. The molecule has 2 rings (SSSR count). The van der Waals surface area contributed by atoms with Gasteiger partial charge >= 0.3 is 0 Å². The summed E-state index contributed by atoms with van der Waals surface area (Å²) in [5.41, 5.74) is 0.603. The SMILES string of the molecule is CCCCCCN1CCCC12CNC2. The van der Waals surface area contributed by atoms with Crippen LogP contribution in [0.3, 0.4) is 0 Å². The number of rotatable bonds is 5. The van der Waals surface area contributed by atoms with Crippen LogP contribution in [0.5, 0.6) is 0 Å². The van der Waals surface area contributed by atoms with Crippen molar-refractivity contribution in [1.29, 1.82) is 0 Å². The molecule has 1 spiro atoms. The van der Waals surface area contributed by atoms with Crippen LogP contribution in [-0.4, -0.2) is 36.6 Å². The van der Waals surface area contributed by atoms with E-state index in [0.717, 1.165) is 0 Å². The predicted octanol–water partition coefficient (Wildman–Crippen LogP) is 2.00. The van der Waals surface area contributed by atoms with Crippen LogP contribution in [0.2, 0.25) is 0 Å². The Morgan fingerprint density at radius 3 is 2.71 bits per heavy atom. The minimum Gasteiger partial charge on any atom is -0.313 e. The molecule has 2 fully saturated rings. The first-order valence-corrected chi connectivity index (χ1v) is 6.33. The summed E-state index contributed by atoms with van der Waals surface area (Å²) in [6.45, 7) is 7.49. The van der Waals surface area contributed by atoms with Crippen molar-refractivity contribution >= 4 is 0 Å². The largest absolute Gasteiger partial charge is 0.313 e. The van der Waals surface area contributed by atoms with Crippen molar-refractivity contribution in [3.8, 4) is 0 Å². The lowest BCUT2D eigenvalue weighted by atomic mass is 9.89. The van der Waals surface area contributed by atoms with Crippen LogP contribution < -0.4 is 5.32 Å². The predicted molar refractivity (Wildman–Crippen MR) is 60.5 cm³/mol. The van der Waals surface area contributed by atoms with Crippen molar-refractivity contribution < 1.29 is 0 Å². The molecular formula is C12H24N2. The van der Waals surface area contributed by atoms with Gasteiger partial charge in [-0.05, 0) is 32.4 Å². The molecule has 0 atom stereocenters. The van der Waals surface area contributed by atoms with Gasteiger partial charge < -0.3 is 5.32 Å². The first kappa shape index (κ1) is 10.4. The van der Waals surface area contributed by atoms with Gasteiger partial charge in [0.2, 0.25) is 0 Å². The zero-order valence-electron chi connectivity index (χ0n) is 9.52. The molecule has 0 amide bonds. The maximum absolute atomic E-state index is 3.43. The topological polar surface area (TPSA) is 15.3 Å². The Bertz CT molecular complexity index is 175. The van der Waals surface area contributed by atoms with Gasteiger partial charge in [0.05, 0.1) is 0 Å². The highest BCUT2D eigenvalue weighted by Gasteiger charge is 2.44. The zero-order valence-corrected chi connectivity index (χ0v) is 9.52. The van der Waals surface area contributed by atoms with E-state index < -0.39 is 0 Å². The minimum absolute atomic E-state index is 0.603. The molecule has 1 N–H and O–H groups in total. The maximum Gasteiger partial charge on any atom is 0.0458 e. The Kier molecular flexibility index (Phi) is 3.45. The molecule has 0 bridgehead atoms.